The monoisotopic (exact) mass is 433 g/mol. The second-order valence-electron chi connectivity index (χ2n) is 6.27. The van der Waals surface area contributed by atoms with Crippen molar-refractivity contribution in [3.8, 4) is 0 Å². The Morgan fingerprint density at radius 1 is 1.11 bits per heavy atom. The second kappa shape index (κ2) is 9.74. The molecule has 0 unspecified atom stereocenters. The van der Waals surface area contributed by atoms with Crippen molar-refractivity contribution in [3.63, 3.8) is 0 Å². The molecule has 0 aliphatic heterocycles. The number of nitrogens with zero attached hydrogens (tertiary/aromatic N) is 3. The first-order valence-electron chi connectivity index (χ1n) is 9.31. The van der Waals surface area contributed by atoms with E-state index in [1.54, 1.807) is 40.1 Å². The third-order valence-electron chi connectivity index (χ3n) is 4.71. The average Bonchev–Trinajstić information content (AvgIpc) is 3.15. The van der Waals surface area contributed by atoms with E-state index in [1.807, 2.05) is 24.5 Å². The number of thioether (sulfide) groups is 1. The molecule has 4 nitrogen and oxygen atoms in total. The standard InChI is InChI=1S/C21H24ClN3OS2/c1-4-24(5-2)13-14-25(20(26)15-9-6-7-10-16(15)22)21-23-19-17(27-3)11-8-12-18(19)28-21/h6-12H,4-5,13-14H2,1-3H3. The lowest BCUT2D eigenvalue weighted by Crippen LogP contribution is -2.39. The molecule has 0 radical (unpaired) electrons. The summed E-state index contributed by atoms with van der Waals surface area (Å²) >= 11 is 9.53. The van der Waals surface area contributed by atoms with Crippen molar-refractivity contribution in [1.29, 1.82) is 0 Å². The molecule has 2 aromatic carbocycles. The number of likely N-dealkylation sites (N-methyl/N-ethyl adjacent to an activating group) is 1. The first kappa shape index (κ1) is 21.1. The zero-order valence-electron chi connectivity index (χ0n) is 16.3. The molecule has 148 valence electrons. The summed E-state index contributed by atoms with van der Waals surface area (Å²) in [5.41, 5.74) is 1.46. The summed E-state index contributed by atoms with van der Waals surface area (Å²) < 4.78 is 1.08. The van der Waals surface area contributed by atoms with Gasteiger partial charge in [-0.05, 0) is 43.6 Å². The van der Waals surface area contributed by atoms with Gasteiger partial charge < -0.3 is 4.90 Å². The van der Waals surface area contributed by atoms with Gasteiger partial charge in [0.25, 0.3) is 5.91 Å². The molecule has 0 spiro atoms. The molecule has 0 aliphatic carbocycles. The van der Waals surface area contributed by atoms with E-state index in [2.05, 4.69) is 30.9 Å². The van der Waals surface area contributed by atoms with Gasteiger partial charge in [0.1, 0.15) is 0 Å². The summed E-state index contributed by atoms with van der Waals surface area (Å²) in [6, 6.07) is 13.3. The zero-order chi connectivity index (χ0) is 20.1. The molecule has 1 aromatic heterocycles. The first-order valence-corrected chi connectivity index (χ1v) is 11.7. The van der Waals surface area contributed by atoms with Crippen molar-refractivity contribution in [2.75, 3.05) is 37.3 Å². The Labute approximate surface area is 179 Å². The molecule has 3 rings (SSSR count). The number of amides is 1. The van der Waals surface area contributed by atoms with Crippen LogP contribution in [0.5, 0.6) is 0 Å². The van der Waals surface area contributed by atoms with Crippen molar-refractivity contribution in [3.05, 3.63) is 53.1 Å². The molecule has 0 aliphatic rings. The number of para-hydroxylation sites is 1. The van der Waals surface area contributed by atoms with E-state index in [0.29, 0.717) is 22.3 Å². The molecule has 0 bridgehead atoms. The summed E-state index contributed by atoms with van der Waals surface area (Å²) in [6.45, 7) is 7.51. The summed E-state index contributed by atoms with van der Waals surface area (Å²) in [6.07, 6.45) is 2.04. The van der Waals surface area contributed by atoms with Crippen molar-refractivity contribution in [2.45, 2.75) is 18.7 Å². The van der Waals surface area contributed by atoms with E-state index in [0.717, 1.165) is 34.7 Å². The Bertz CT molecular complexity index is 956. The molecule has 0 N–H and O–H groups in total. The Morgan fingerprint density at radius 3 is 2.54 bits per heavy atom. The number of fused-ring (bicyclic) bond motifs is 1. The highest BCUT2D eigenvalue weighted by Gasteiger charge is 2.24. The van der Waals surface area contributed by atoms with E-state index in [1.165, 1.54) is 0 Å². The van der Waals surface area contributed by atoms with E-state index in [9.17, 15) is 4.79 Å². The van der Waals surface area contributed by atoms with Gasteiger partial charge in [-0.1, -0.05) is 55.0 Å². The van der Waals surface area contributed by atoms with Gasteiger partial charge in [0.2, 0.25) is 0 Å². The minimum atomic E-state index is -0.109. The van der Waals surface area contributed by atoms with Crippen LogP contribution in [0.25, 0.3) is 10.2 Å². The summed E-state index contributed by atoms with van der Waals surface area (Å²) in [7, 11) is 0. The predicted octanol–water partition coefficient (Wildman–Crippen LogP) is 5.66. The van der Waals surface area contributed by atoms with Crippen LogP contribution in [0.4, 0.5) is 5.13 Å². The van der Waals surface area contributed by atoms with Crippen LogP contribution < -0.4 is 4.90 Å². The molecule has 0 saturated heterocycles. The molecule has 3 aromatic rings. The molecular weight excluding hydrogens is 410 g/mol. The fourth-order valence-electron chi connectivity index (χ4n) is 3.04. The minimum absolute atomic E-state index is 0.109. The minimum Gasteiger partial charge on any atom is -0.302 e. The van der Waals surface area contributed by atoms with Crippen LogP contribution in [0.3, 0.4) is 0 Å². The maximum atomic E-state index is 13.4. The molecule has 1 amide bonds. The smallest absolute Gasteiger partial charge is 0.261 e. The molecular formula is C21H24ClN3OS2. The fraction of sp³-hybridized carbons (Fsp3) is 0.333. The molecule has 0 fully saturated rings. The Balaban J connectivity index is 2.00. The van der Waals surface area contributed by atoms with Crippen molar-refractivity contribution in [1.82, 2.24) is 9.88 Å². The Morgan fingerprint density at radius 2 is 1.86 bits per heavy atom. The third kappa shape index (κ3) is 4.51. The summed E-state index contributed by atoms with van der Waals surface area (Å²) in [4.78, 5) is 23.4. The van der Waals surface area contributed by atoms with Gasteiger partial charge >= 0.3 is 0 Å². The highest BCUT2D eigenvalue weighted by atomic mass is 35.5. The van der Waals surface area contributed by atoms with Crippen molar-refractivity contribution >= 4 is 56.0 Å². The lowest BCUT2D eigenvalue weighted by Gasteiger charge is -2.25. The molecule has 0 saturated carbocycles. The van der Waals surface area contributed by atoms with Gasteiger partial charge in [-0.15, -0.1) is 11.8 Å². The number of aromatic nitrogens is 1. The quantitative estimate of drug-likeness (QED) is 0.429. The summed E-state index contributed by atoms with van der Waals surface area (Å²) in [5.74, 6) is -0.109. The van der Waals surface area contributed by atoms with Crippen LogP contribution in [0, 0.1) is 0 Å². The number of hydrogen-bond acceptors (Lipinski definition) is 5. The lowest BCUT2D eigenvalue weighted by molar-refractivity contribution is 0.0984. The Hall–Kier alpha value is -1.60. The van der Waals surface area contributed by atoms with Crippen LogP contribution in [-0.2, 0) is 0 Å². The Kier molecular flexibility index (Phi) is 7.35. The SMILES string of the molecule is CCN(CC)CCN(C(=O)c1ccccc1Cl)c1nc2c(SC)cccc2s1. The van der Waals surface area contributed by atoms with Gasteiger partial charge in [0, 0.05) is 18.0 Å². The van der Waals surface area contributed by atoms with Crippen LogP contribution in [0.2, 0.25) is 5.02 Å². The van der Waals surface area contributed by atoms with Crippen LogP contribution in [-0.4, -0.2) is 48.2 Å². The topological polar surface area (TPSA) is 36.4 Å². The number of carbonyl (C=O) groups is 1. The molecule has 0 atom stereocenters. The maximum absolute atomic E-state index is 13.4. The normalized spacial score (nSPS) is 11.3. The maximum Gasteiger partial charge on any atom is 0.261 e. The van der Waals surface area contributed by atoms with Crippen LogP contribution in [0.1, 0.15) is 24.2 Å². The molecule has 7 heteroatoms. The number of anilines is 1. The van der Waals surface area contributed by atoms with E-state index < -0.39 is 0 Å². The number of carbonyl (C=O) groups excluding carboxylic acids is 1. The van der Waals surface area contributed by atoms with Crippen molar-refractivity contribution in [2.24, 2.45) is 0 Å². The highest BCUT2D eigenvalue weighted by molar-refractivity contribution is 7.98. The van der Waals surface area contributed by atoms with E-state index in [4.69, 9.17) is 16.6 Å². The second-order valence-corrected chi connectivity index (χ2v) is 8.53. The van der Waals surface area contributed by atoms with E-state index in [-0.39, 0.29) is 5.91 Å². The third-order valence-corrected chi connectivity index (χ3v) is 6.85. The number of benzene rings is 2. The van der Waals surface area contributed by atoms with Gasteiger partial charge in [0.05, 0.1) is 20.8 Å². The van der Waals surface area contributed by atoms with E-state index >= 15 is 0 Å². The number of halogens is 1. The zero-order valence-corrected chi connectivity index (χ0v) is 18.7. The number of thiazole rings is 1. The fourth-order valence-corrected chi connectivity index (χ4v) is 4.90. The number of rotatable bonds is 8. The summed E-state index contributed by atoms with van der Waals surface area (Å²) in [5, 5.41) is 1.18. The van der Waals surface area contributed by atoms with Crippen molar-refractivity contribution < 1.29 is 4.79 Å². The highest BCUT2D eigenvalue weighted by Crippen LogP contribution is 2.35. The molecule has 28 heavy (non-hydrogen) atoms. The first-order chi connectivity index (χ1) is 13.6. The molecule has 1 heterocycles. The van der Waals surface area contributed by atoms with Gasteiger partial charge in [-0.3, -0.25) is 9.69 Å². The van der Waals surface area contributed by atoms with Gasteiger partial charge in [0.15, 0.2) is 5.13 Å². The van der Waals surface area contributed by atoms with Crippen LogP contribution >= 0.6 is 34.7 Å². The van der Waals surface area contributed by atoms with Gasteiger partial charge in [-0.25, -0.2) is 4.98 Å². The lowest BCUT2D eigenvalue weighted by atomic mass is 10.2. The predicted molar refractivity (Wildman–Crippen MR) is 122 cm³/mol. The van der Waals surface area contributed by atoms with Crippen LogP contribution in [0.15, 0.2) is 47.4 Å². The van der Waals surface area contributed by atoms with Gasteiger partial charge in [-0.2, -0.15) is 0 Å². The number of hydrogen-bond donors (Lipinski definition) is 0. The largest absolute Gasteiger partial charge is 0.302 e. The average molecular weight is 434 g/mol.